The van der Waals surface area contributed by atoms with Gasteiger partial charge in [-0.05, 0) is 0 Å². The van der Waals surface area contributed by atoms with Gasteiger partial charge in [-0.2, -0.15) is 17.5 Å². The summed E-state index contributed by atoms with van der Waals surface area (Å²) >= 11 is 6.92. The molecule has 142 valence electrons. The maximum absolute atomic E-state index is 5.42. The Morgan fingerprint density at radius 1 is 0.714 bits per heavy atom. The molecule has 0 saturated carbocycles. The molecule has 0 N–H and O–H groups in total. The summed E-state index contributed by atoms with van der Waals surface area (Å²) in [6, 6.07) is 33.9. The molecule has 0 atom stereocenters. The van der Waals surface area contributed by atoms with Crippen LogP contribution < -0.4 is 24.8 Å². The summed E-state index contributed by atoms with van der Waals surface area (Å²) in [5.41, 5.74) is 0. The molecule has 0 saturated heterocycles. The molecule has 5 rings (SSSR count). The van der Waals surface area contributed by atoms with Crippen molar-refractivity contribution in [3.63, 3.8) is 0 Å². The van der Waals surface area contributed by atoms with Crippen LogP contribution >= 0.6 is 11.1 Å². The van der Waals surface area contributed by atoms with Gasteiger partial charge in [0.2, 0.25) is 0 Å². The van der Waals surface area contributed by atoms with Gasteiger partial charge in [0.15, 0.2) is 0 Å². The third-order valence-corrected chi connectivity index (χ3v) is 4.07. The SMILES string of the molecule is C[Si](Cl)=[Zr+2].[Cl-].[Cl-].c1ccc2[cH-]ccc2c1.c1ccc2c(c1)[cH-]c1ccccc12. The third-order valence-electron chi connectivity index (χ3n) is 4.07. The summed E-state index contributed by atoms with van der Waals surface area (Å²) in [6.07, 6.45) is 0. The molecule has 0 amide bonds. The summed E-state index contributed by atoms with van der Waals surface area (Å²) in [6.45, 7) is 2.07. The number of hydrogen-bond donors (Lipinski definition) is 0. The van der Waals surface area contributed by atoms with E-state index < -0.39 is 0 Å². The van der Waals surface area contributed by atoms with E-state index in [2.05, 4.69) is 104 Å². The Labute approximate surface area is 198 Å². The zero-order valence-electron chi connectivity index (χ0n) is 15.4. The third kappa shape index (κ3) is 6.87. The fraction of sp³-hybridized carbons (Fsp3) is 0.0435. The predicted octanol–water partition coefficient (Wildman–Crippen LogP) is 1.17. The van der Waals surface area contributed by atoms with Crippen LogP contribution in [0.3, 0.4) is 0 Å². The molecule has 0 nitrogen and oxygen atoms in total. The van der Waals surface area contributed by atoms with E-state index in [1.807, 2.05) is 0 Å². The van der Waals surface area contributed by atoms with E-state index >= 15 is 0 Å². The van der Waals surface area contributed by atoms with Crippen molar-refractivity contribution in [3.05, 3.63) is 97.1 Å². The van der Waals surface area contributed by atoms with Crippen LogP contribution in [0.1, 0.15) is 0 Å². The van der Waals surface area contributed by atoms with Crippen LogP contribution in [0.2, 0.25) is 6.55 Å². The van der Waals surface area contributed by atoms with Gasteiger partial charge in [-0.15, -0.1) is 69.4 Å². The van der Waals surface area contributed by atoms with E-state index in [-0.39, 0.29) is 29.6 Å². The number of rotatable bonds is 0. The zero-order chi connectivity index (χ0) is 18.4. The van der Waals surface area contributed by atoms with Gasteiger partial charge in [0.05, 0.1) is 0 Å². The molecule has 0 fully saturated rings. The van der Waals surface area contributed by atoms with Gasteiger partial charge in [-0.3, -0.25) is 0 Å². The minimum atomic E-state index is -0.317. The summed E-state index contributed by atoms with van der Waals surface area (Å²) < 4.78 is -0.317. The van der Waals surface area contributed by atoms with Gasteiger partial charge in [0, 0.05) is 0 Å². The molecular weight excluding hydrogens is 502 g/mol. The maximum Gasteiger partial charge on any atom is -0.0771 e. The van der Waals surface area contributed by atoms with Crippen LogP contribution in [0.5, 0.6) is 0 Å². The molecule has 0 spiro atoms. The van der Waals surface area contributed by atoms with Gasteiger partial charge in [-0.1, -0.05) is 42.5 Å². The van der Waals surface area contributed by atoms with E-state index in [0.717, 1.165) is 0 Å². The Morgan fingerprint density at radius 3 is 1.64 bits per heavy atom. The van der Waals surface area contributed by atoms with Gasteiger partial charge < -0.3 is 24.8 Å². The van der Waals surface area contributed by atoms with Crippen molar-refractivity contribution in [2.45, 2.75) is 6.55 Å². The maximum atomic E-state index is 5.42. The van der Waals surface area contributed by atoms with Gasteiger partial charge in [-0.25, -0.2) is 0 Å². The molecule has 0 radical (unpaired) electrons. The topological polar surface area (TPSA) is 0 Å². The molecule has 0 aromatic heterocycles. The second kappa shape index (κ2) is 12.6. The van der Waals surface area contributed by atoms with Crippen LogP contribution in [0.25, 0.3) is 32.3 Å². The molecule has 5 aromatic carbocycles. The first-order valence-corrected chi connectivity index (χ1v) is 15.2. The monoisotopic (exact) mass is 518 g/mol. The number of hydrogen-bond acceptors (Lipinski definition) is 0. The molecule has 0 aliphatic heterocycles. The standard InChI is InChI=1S/C13H9.C9H7.CH3ClSi.2ClH.Zr/c1-3-7-12-10(5-1)9-11-6-2-4-8-13(11)12;1-2-5-9-7-3-6-8(9)4-1;1-3-2;;;/h1-9H;1-7H;1H3;2*1H;/q2*-1;;;;+2/p-2. The van der Waals surface area contributed by atoms with Crippen molar-refractivity contribution in [1.29, 1.82) is 0 Å². The second-order valence-electron chi connectivity index (χ2n) is 6.01. The predicted molar refractivity (Wildman–Crippen MR) is 114 cm³/mol. The largest absolute Gasteiger partial charge is 1.00 e. The fourth-order valence-corrected chi connectivity index (χ4v) is 2.97. The van der Waals surface area contributed by atoms with E-state index in [9.17, 15) is 0 Å². The first kappa shape index (κ1) is 25.1. The molecule has 0 aliphatic rings. The molecule has 5 aromatic rings. The number of halogens is 3. The Morgan fingerprint density at radius 2 is 1.14 bits per heavy atom. The molecule has 5 heteroatoms. The van der Waals surface area contributed by atoms with Crippen LogP contribution in [0, 0.1) is 0 Å². The van der Waals surface area contributed by atoms with E-state index in [4.69, 9.17) is 11.1 Å². The van der Waals surface area contributed by atoms with Gasteiger partial charge in [0.25, 0.3) is 0 Å². The molecule has 0 bridgehead atoms. The molecule has 28 heavy (non-hydrogen) atoms. The summed E-state index contributed by atoms with van der Waals surface area (Å²) in [4.78, 5) is 0. The van der Waals surface area contributed by atoms with Crippen molar-refractivity contribution >= 4 is 48.1 Å². The van der Waals surface area contributed by atoms with Gasteiger partial charge in [0.1, 0.15) is 0 Å². The molecule has 0 heterocycles. The Hall–Kier alpha value is -0.890. The van der Waals surface area contributed by atoms with Crippen molar-refractivity contribution in [2.75, 3.05) is 0 Å². The molecule has 0 unspecified atom stereocenters. The Balaban J connectivity index is 0.000000231. The normalized spacial score (nSPS) is 9.43. The van der Waals surface area contributed by atoms with Crippen molar-refractivity contribution in [3.8, 4) is 0 Å². The van der Waals surface area contributed by atoms with Gasteiger partial charge >= 0.3 is 45.7 Å². The van der Waals surface area contributed by atoms with E-state index in [1.54, 1.807) is 0 Å². The van der Waals surface area contributed by atoms with Crippen molar-refractivity contribution < 1.29 is 48.1 Å². The Kier molecular flexibility index (Phi) is 11.3. The van der Waals surface area contributed by atoms with Crippen LogP contribution in [0.15, 0.2) is 97.1 Å². The van der Waals surface area contributed by atoms with Crippen molar-refractivity contribution in [2.24, 2.45) is 0 Å². The smallest absolute Gasteiger partial charge is 0.0771 e. The van der Waals surface area contributed by atoms with Crippen LogP contribution in [-0.2, 0) is 23.3 Å². The number of fused-ring (bicyclic) bond motifs is 4. The summed E-state index contributed by atoms with van der Waals surface area (Å²) in [5, 5.41) is 8.05. The van der Waals surface area contributed by atoms with Crippen LogP contribution in [-0.4, -0.2) is 4.74 Å². The van der Waals surface area contributed by atoms with Crippen molar-refractivity contribution in [1.82, 2.24) is 0 Å². The summed E-state index contributed by atoms with van der Waals surface area (Å²) in [5.74, 6) is 0. The first-order chi connectivity index (χ1) is 12.6. The molecular formula is C23H19Cl3SiZr-2. The second-order valence-corrected chi connectivity index (χ2v) is 16.6. The quantitative estimate of drug-likeness (QED) is 0.163. The fourth-order valence-electron chi connectivity index (χ4n) is 2.97. The minimum absolute atomic E-state index is 0. The van der Waals surface area contributed by atoms with E-state index in [0.29, 0.717) is 0 Å². The summed E-state index contributed by atoms with van der Waals surface area (Å²) in [7, 11) is 0. The Bertz CT molecular complexity index is 1060. The van der Waals surface area contributed by atoms with E-state index in [1.165, 1.54) is 55.7 Å². The average Bonchev–Trinajstić information content (AvgIpc) is 3.26. The minimum Gasteiger partial charge on any atom is -1.00 e. The number of benzene rings is 3. The average molecular weight is 521 g/mol. The van der Waals surface area contributed by atoms with Crippen LogP contribution in [0.4, 0.5) is 0 Å². The molecule has 0 aliphatic carbocycles. The zero-order valence-corrected chi connectivity index (χ0v) is 21.1. The first-order valence-electron chi connectivity index (χ1n) is 8.49.